The number of amides is 1. The average molecular weight is 359 g/mol. The summed E-state index contributed by atoms with van der Waals surface area (Å²) in [5.41, 5.74) is 0.484. The molecule has 116 valence electrons. The number of anilines is 1. The summed E-state index contributed by atoms with van der Waals surface area (Å²) in [6.07, 6.45) is -0.186. The molecule has 22 heavy (non-hydrogen) atoms. The fourth-order valence-electron chi connectivity index (χ4n) is 1.82. The number of hydrogen-bond acceptors (Lipinski definition) is 2. The molecule has 0 fully saturated rings. The van der Waals surface area contributed by atoms with Crippen molar-refractivity contribution in [2.45, 2.75) is 19.4 Å². The molecule has 0 aliphatic rings. The van der Waals surface area contributed by atoms with Gasteiger partial charge in [-0.25, -0.2) is 0 Å². The monoisotopic (exact) mass is 357 g/mol. The molecular weight excluding hydrogens is 345 g/mol. The van der Waals surface area contributed by atoms with Gasteiger partial charge >= 0.3 is 0 Å². The van der Waals surface area contributed by atoms with E-state index >= 15 is 0 Å². The Morgan fingerprint density at radius 3 is 2.50 bits per heavy atom. The Kier molecular flexibility index (Phi) is 5.95. The minimum absolute atomic E-state index is 0.299. The van der Waals surface area contributed by atoms with Gasteiger partial charge in [-0.3, -0.25) is 4.79 Å². The standard InChI is InChI=1S/C16H14Cl3NO2/c1-2-14(22-15-6-4-3-5-11(15)18)16(21)20-13-8-7-10(17)9-12(13)19/h3-9,14H,2H2,1H3,(H,20,21)/t14-/m1/s1. The first-order chi connectivity index (χ1) is 10.5. The molecule has 0 saturated carbocycles. The summed E-state index contributed by atoms with van der Waals surface area (Å²) < 4.78 is 5.68. The Morgan fingerprint density at radius 2 is 1.86 bits per heavy atom. The van der Waals surface area contributed by atoms with Crippen LogP contribution in [0.25, 0.3) is 0 Å². The molecule has 0 unspecified atom stereocenters. The van der Waals surface area contributed by atoms with Crippen molar-refractivity contribution in [3.63, 3.8) is 0 Å². The van der Waals surface area contributed by atoms with E-state index in [2.05, 4.69) is 5.32 Å². The second-order valence-corrected chi connectivity index (χ2v) is 5.81. The lowest BCUT2D eigenvalue weighted by Gasteiger charge is -2.18. The van der Waals surface area contributed by atoms with Crippen molar-refractivity contribution < 1.29 is 9.53 Å². The smallest absolute Gasteiger partial charge is 0.265 e. The number of nitrogens with one attached hydrogen (secondary N) is 1. The Labute approximate surface area is 144 Å². The zero-order chi connectivity index (χ0) is 16.1. The first-order valence-electron chi connectivity index (χ1n) is 6.68. The quantitative estimate of drug-likeness (QED) is 0.772. The SMILES string of the molecule is CC[C@@H](Oc1ccccc1Cl)C(=O)Nc1ccc(Cl)cc1Cl. The van der Waals surface area contributed by atoms with Gasteiger partial charge in [-0.2, -0.15) is 0 Å². The summed E-state index contributed by atoms with van der Waals surface area (Å²) in [6, 6.07) is 11.9. The highest BCUT2D eigenvalue weighted by atomic mass is 35.5. The van der Waals surface area contributed by atoms with Gasteiger partial charge in [0.2, 0.25) is 0 Å². The van der Waals surface area contributed by atoms with Crippen molar-refractivity contribution in [1.82, 2.24) is 0 Å². The van der Waals surface area contributed by atoms with E-state index in [0.717, 1.165) is 0 Å². The third-order valence-corrected chi connectivity index (χ3v) is 3.82. The van der Waals surface area contributed by atoms with Gasteiger partial charge in [0.05, 0.1) is 15.7 Å². The van der Waals surface area contributed by atoms with Crippen LogP contribution in [-0.4, -0.2) is 12.0 Å². The Morgan fingerprint density at radius 1 is 1.14 bits per heavy atom. The second-order valence-electron chi connectivity index (χ2n) is 4.56. The fourth-order valence-corrected chi connectivity index (χ4v) is 2.46. The van der Waals surface area contributed by atoms with E-state index in [9.17, 15) is 4.79 Å². The molecule has 0 spiro atoms. The molecule has 1 atom stereocenters. The van der Waals surface area contributed by atoms with Crippen LogP contribution in [0, 0.1) is 0 Å². The van der Waals surface area contributed by atoms with Crippen LogP contribution >= 0.6 is 34.8 Å². The van der Waals surface area contributed by atoms with Crippen molar-refractivity contribution in [1.29, 1.82) is 0 Å². The molecule has 0 saturated heterocycles. The van der Waals surface area contributed by atoms with Gasteiger partial charge in [0.15, 0.2) is 6.10 Å². The lowest BCUT2D eigenvalue weighted by Crippen LogP contribution is -2.32. The van der Waals surface area contributed by atoms with Gasteiger partial charge in [-0.05, 0) is 36.8 Å². The maximum absolute atomic E-state index is 12.3. The maximum Gasteiger partial charge on any atom is 0.265 e. The topological polar surface area (TPSA) is 38.3 Å². The Bertz CT molecular complexity index is 676. The molecule has 2 aromatic rings. The number of halogens is 3. The van der Waals surface area contributed by atoms with Crippen LogP contribution in [0.5, 0.6) is 5.75 Å². The number of para-hydroxylation sites is 1. The Hall–Kier alpha value is -1.42. The van der Waals surface area contributed by atoms with E-state index < -0.39 is 6.10 Å². The lowest BCUT2D eigenvalue weighted by molar-refractivity contribution is -0.122. The average Bonchev–Trinajstić information content (AvgIpc) is 2.49. The Balaban J connectivity index is 2.10. The molecule has 2 rings (SSSR count). The van der Waals surface area contributed by atoms with E-state index in [4.69, 9.17) is 39.5 Å². The van der Waals surface area contributed by atoms with Crippen LogP contribution < -0.4 is 10.1 Å². The largest absolute Gasteiger partial charge is 0.479 e. The zero-order valence-corrected chi connectivity index (χ0v) is 14.0. The zero-order valence-electron chi connectivity index (χ0n) is 11.8. The van der Waals surface area contributed by atoms with Gasteiger partial charge < -0.3 is 10.1 Å². The molecule has 0 aliphatic heterocycles. The van der Waals surface area contributed by atoms with Crippen LogP contribution in [-0.2, 0) is 4.79 Å². The highest BCUT2D eigenvalue weighted by Crippen LogP contribution is 2.27. The highest BCUT2D eigenvalue weighted by molar-refractivity contribution is 6.36. The number of benzene rings is 2. The minimum atomic E-state index is -0.674. The van der Waals surface area contributed by atoms with Gasteiger partial charge in [0.25, 0.3) is 5.91 Å². The van der Waals surface area contributed by atoms with Crippen molar-refractivity contribution >= 4 is 46.4 Å². The van der Waals surface area contributed by atoms with Gasteiger partial charge in [-0.15, -0.1) is 0 Å². The third-order valence-electron chi connectivity index (χ3n) is 2.96. The number of carbonyl (C=O) groups is 1. The van der Waals surface area contributed by atoms with Crippen LogP contribution in [0.4, 0.5) is 5.69 Å². The molecule has 6 heteroatoms. The normalized spacial score (nSPS) is 11.8. The van der Waals surface area contributed by atoms with Crippen molar-refractivity contribution in [2.24, 2.45) is 0 Å². The number of ether oxygens (including phenoxy) is 1. The van der Waals surface area contributed by atoms with Crippen LogP contribution in [0.3, 0.4) is 0 Å². The second kappa shape index (κ2) is 7.73. The summed E-state index contributed by atoms with van der Waals surface area (Å²) in [4.78, 5) is 12.3. The van der Waals surface area contributed by atoms with E-state index in [-0.39, 0.29) is 5.91 Å². The first kappa shape index (κ1) is 16.9. The molecule has 0 bridgehead atoms. The predicted molar refractivity (Wildman–Crippen MR) is 91.3 cm³/mol. The van der Waals surface area contributed by atoms with E-state index in [1.54, 1.807) is 42.5 Å². The van der Waals surface area contributed by atoms with Gasteiger partial charge in [0.1, 0.15) is 5.75 Å². The van der Waals surface area contributed by atoms with Crippen molar-refractivity contribution in [2.75, 3.05) is 5.32 Å². The summed E-state index contributed by atoms with van der Waals surface area (Å²) in [5, 5.41) is 4.06. The van der Waals surface area contributed by atoms with Crippen LogP contribution in [0.15, 0.2) is 42.5 Å². The molecule has 0 aliphatic carbocycles. The van der Waals surface area contributed by atoms with Crippen LogP contribution in [0.2, 0.25) is 15.1 Å². The molecule has 1 N–H and O–H groups in total. The number of rotatable bonds is 5. The summed E-state index contributed by atoms with van der Waals surface area (Å²) in [6.45, 7) is 1.85. The van der Waals surface area contributed by atoms with E-state index in [1.165, 1.54) is 0 Å². The van der Waals surface area contributed by atoms with Crippen molar-refractivity contribution in [3.8, 4) is 5.75 Å². The molecule has 1 amide bonds. The van der Waals surface area contributed by atoms with Gasteiger partial charge in [-0.1, -0.05) is 53.9 Å². The van der Waals surface area contributed by atoms with Crippen LogP contribution in [0.1, 0.15) is 13.3 Å². The molecule has 0 aromatic heterocycles. The molecule has 3 nitrogen and oxygen atoms in total. The number of carbonyl (C=O) groups excluding carboxylic acids is 1. The van der Waals surface area contributed by atoms with Crippen molar-refractivity contribution in [3.05, 3.63) is 57.5 Å². The summed E-state index contributed by atoms with van der Waals surface area (Å²) in [7, 11) is 0. The molecule has 0 heterocycles. The summed E-state index contributed by atoms with van der Waals surface area (Å²) >= 11 is 17.9. The maximum atomic E-state index is 12.3. The van der Waals surface area contributed by atoms with E-state index in [1.807, 2.05) is 6.92 Å². The highest BCUT2D eigenvalue weighted by Gasteiger charge is 2.20. The predicted octanol–water partition coefficient (Wildman–Crippen LogP) is 5.44. The molecular formula is C16H14Cl3NO2. The molecule has 2 aromatic carbocycles. The van der Waals surface area contributed by atoms with Gasteiger partial charge in [0, 0.05) is 5.02 Å². The molecule has 0 radical (unpaired) electrons. The lowest BCUT2D eigenvalue weighted by atomic mass is 10.2. The summed E-state index contributed by atoms with van der Waals surface area (Å²) in [5.74, 6) is 0.167. The number of hydrogen-bond donors (Lipinski definition) is 1. The van der Waals surface area contributed by atoms with E-state index in [0.29, 0.717) is 32.9 Å². The third kappa shape index (κ3) is 4.29. The fraction of sp³-hybridized carbons (Fsp3) is 0.188. The minimum Gasteiger partial charge on any atom is -0.479 e. The first-order valence-corrected chi connectivity index (χ1v) is 7.81.